The van der Waals surface area contributed by atoms with Crippen molar-refractivity contribution in [2.24, 2.45) is 0 Å². The van der Waals surface area contributed by atoms with E-state index >= 15 is 0 Å². The van der Waals surface area contributed by atoms with E-state index in [1.54, 1.807) is 6.07 Å². The van der Waals surface area contributed by atoms with Gasteiger partial charge in [-0.25, -0.2) is 9.13 Å². The van der Waals surface area contributed by atoms with Crippen molar-refractivity contribution in [2.75, 3.05) is 25.1 Å². The average Bonchev–Trinajstić information content (AvgIpc) is 2.35. The predicted molar refractivity (Wildman–Crippen MR) is 81.0 cm³/mol. The molecule has 17 heteroatoms. The van der Waals surface area contributed by atoms with Crippen LogP contribution in [0.3, 0.4) is 0 Å². The Bertz CT molecular complexity index is 651. The molecular weight excluding hydrogens is 408 g/mol. The molecule has 150 valence electrons. The molecule has 0 aliphatic rings. The van der Waals surface area contributed by atoms with E-state index in [9.17, 15) is 19.2 Å². The van der Waals surface area contributed by atoms with E-state index in [-0.39, 0.29) is 42.2 Å². The molecule has 0 aliphatic carbocycles. The maximum atomic E-state index is 11.2. The molecule has 0 aromatic heterocycles. The zero-order valence-corrected chi connectivity index (χ0v) is 14.9. The number of hydrogen-bond donors (Lipinski definition) is 3. The summed E-state index contributed by atoms with van der Waals surface area (Å²) >= 11 is 0. The van der Waals surface area contributed by atoms with Crippen molar-refractivity contribution in [3.05, 3.63) is 34.4 Å². The van der Waals surface area contributed by atoms with Gasteiger partial charge >= 0.3 is 15.6 Å². The van der Waals surface area contributed by atoms with Crippen molar-refractivity contribution in [3.8, 4) is 0 Å². The first kappa shape index (κ1) is 32.3. The number of anilines is 1. The second kappa shape index (κ2) is 12.9. The molecule has 11 nitrogen and oxygen atoms in total. The minimum atomic E-state index is -5.17. The van der Waals surface area contributed by atoms with Crippen LogP contribution in [-0.2, 0) is 18.0 Å². The monoisotopic (exact) mass is 422 g/mol. The molecule has 1 aromatic rings. The number of benzene rings is 1. The fourth-order valence-corrected chi connectivity index (χ4v) is 3.09. The molecule has 0 amide bonds. The fraction of sp³-hybridized carbons (Fsp3) is 0.333. The Morgan fingerprint density at radius 1 is 1.15 bits per heavy atom. The van der Waals surface area contributed by atoms with Gasteiger partial charge in [-0.05, 0) is 6.07 Å². The minimum Gasteiger partial charge on any atom is -1.00 e. The third kappa shape index (κ3) is 11.3. The zero-order chi connectivity index (χ0) is 17.0. The molecule has 0 saturated carbocycles. The standard InChI is InChI=1S/C9H14N2O9P2.Be.3FH/c1-10(8-4-2-3-5-9(8)11(12)13)6-7-19-22(17,18)20-21(14,15)16;;;;/h2-5H,6-7H2,1H3,(H,17,18)(H2,14,15,16);;3*1H/p-3. The van der Waals surface area contributed by atoms with Gasteiger partial charge in [0.15, 0.2) is 0 Å². The molecule has 0 fully saturated rings. The molecule has 0 saturated heterocycles. The van der Waals surface area contributed by atoms with E-state index in [0.717, 1.165) is 0 Å². The number of phosphoric ester groups is 1. The third-order valence-electron chi connectivity index (χ3n) is 2.38. The Labute approximate surface area is 149 Å². The summed E-state index contributed by atoms with van der Waals surface area (Å²) in [4.78, 5) is 37.6. The summed E-state index contributed by atoms with van der Waals surface area (Å²) in [5.74, 6) is 0. The van der Waals surface area contributed by atoms with Gasteiger partial charge in [0.25, 0.3) is 5.69 Å². The van der Waals surface area contributed by atoms with Crippen molar-refractivity contribution in [2.45, 2.75) is 0 Å². The second-order valence-electron chi connectivity index (χ2n) is 4.04. The summed E-state index contributed by atoms with van der Waals surface area (Å²) < 4.78 is 29.7. The molecule has 2 radical (unpaired) electrons. The molecule has 0 heterocycles. The van der Waals surface area contributed by atoms with Crippen LogP contribution in [0, 0.1) is 10.1 Å². The smallest absolute Gasteiger partial charge is 0.481 e. The number of halogens is 3. The Morgan fingerprint density at radius 3 is 2.12 bits per heavy atom. The SMILES string of the molecule is CN(CCOP(=O)(O)OP(=O)(O)O)c1ccccc1[N+](=O)[O-].[Be].[F-].[F-].[F-]. The molecule has 1 unspecified atom stereocenters. The van der Waals surface area contributed by atoms with Crippen molar-refractivity contribution >= 4 is 37.1 Å². The van der Waals surface area contributed by atoms with Crippen LogP contribution in [0.4, 0.5) is 11.4 Å². The molecule has 26 heavy (non-hydrogen) atoms. The Morgan fingerprint density at radius 2 is 1.65 bits per heavy atom. The largest absolute Gasteiger partial charge is 1.00 e. The van der Waals surface area contributed by atoms with E-state index in [4.69, 9.17) is 14.7 Å². The van der Waals surface area contributed by atoms with Crippen LogP contribution in [0.1, 0.15) is 0 Å². The van der Waals surface area contributed by atoms with E-state index in [1.165, 1.54) is 30.1 Å². The number of rotatable bonds is 8. The maximum Gasteiger partial charge on any atom is 0.481 e. The maximum absolute atomic E-state index is 11.2. The van der Waals surface area contributed by atoms with Gasteiger partial charge in [0.1, 0.15) is 5.69 Å². The van der Waals surface area contributed by atoms with Gasteiger partial charge in [-0.15, -0.1) is 0 Å². The van der Waals surface area contributed by atoms with Gasteiger partial charge in [0.2, 0.25) is 0 Å². The first-order valence-electron chi connectivity index (χ1n) is 5.70. The van der Waals surface area contributed by atoms with Gasteiger partial charge in [0.05, 0.1) is 11.5 Å². The second-order valence-corrected chi connectivity index (χ2v) is 6.87. The molecule has 3 N–H and O–H groups in total. The van der Waals surface area contributed by atoms with E-state index < -0.39 is 27.2 Å². The van der Waals surface area contributed by atoms with Crippen LogP contribution < -0.4 is 19.0 Å². The number of nitrogens with zero attached hydrogens (tertiary/aromatic N) is 2. The first-order valence-corrected chi connectivity index (χ1v) is 8.73. The van der Waals surface area contributed by atoms with Crippen LogP contribution >= 0.6 is 15.6 Å². The molecule has 1 aromatic carbocycles. The van der Waals surface area contributed by atoms with Crippen molar-refractivity contribution < 1.29 is 51.7 Å². The van der Waals surface area contributed by atoms with Crippen LogP contribution in [0.15, 0.2) is 24.3 Å². The van der Waals surface area contributed by atoms with Gasteiger partial charge in [-0.2, -0.15) is 4.31 Å². The van der Waals surface area contributed by atoms with Crippen molar-refractivity contribution in [1.29, 1.82) is 0 Å². The third-order valence-corrected chi connectivity index (χ3v) is 4.57. The van der Waals surface area contributed by atoms with Crippen LogP contribution in [0.25, 0.3) is 0 Å². The Kier molecular flexibility index (Phi) is 16.0. The van der Waals surface area contributed by atoms with Crippen LogP contribution in [0.2, 0.25) is 0 Å². The average molecular weight is 422 g/mol. The van der Waals surface area contributed by atoms with E-state index in [1.807, 2.05) is 0 Å². The number of phosphoric acid groups is 2. The van der Waals surface area contributed by atoms with Gasteiger partial charge in [-0.1, -0.05) is 12.1 Å². The normalized spacial score (nSPS) is 12.2. The summed E-state index contributed by atoms with van der Waals surface area (Å²) in [5, 5.41) is 10.9. The van der Waals surface area contributed by atoms with Gasteiger partial charge in [-0.3, -0.25) is 14.6 Å². The molecule has 0 aliphatic heterocycles. The van der Waals surface area contributed by atoms with Crippen LogP contribution in [0.5, 0.6) is 0 Å². The van der Waals surface area contributed by atoms with Crippen molar-refractivity contribution in [1.82, 2.24) is 0 Å². The van der Waals surface area contributed by atoms with Crippen molar-refractivity contribution in [3.63, 3.8) is 0 Å². The summed E-state index contributed by atoms with van der Waals surface area (Å²) in [6, 6.07) is 5.83. The Hall–Kier alpha value is -1.36. The predicted octanol–water partition coefficient (Wildman–Crippen LogP) is -8.11. The van der Waals surface area contributed by atoms with E-state index in [2.05, 4.69) is 8.83 Å². The van der Waals surface area contributed by atoms with Gasteiger partial charge < -0.3 is 33.7 Å². The minimum absolute atomic E-state index is 0. The molecule has 1 atom stereocenters. The zero-order valence-electron chi connectivity index (χ0n) is 13.1. The van der Waals surface area contributed by atoms with Gasteiger partial charge in [0, 0.05) is 29.8 Å². The Balaban J connectivity index is -0.000000605. The summed E-state index contributed by atoms with van der Waals surface area (Å²) in [6.45, 7) is -0.504. The molecule has 0 bridgehead atoms. The van der Waals surface area contributed by atoms with Crippen LogP contribution in [-0.4, -0.2) is 49.9 Å². The summed E-state index contributed by atoms with van der Waals surface area (Å²) in [5.41, 5.74) is 0.0865. The molecule has 0 spiro atoms. The molecular formula is C9H14BeF3N2O9P2-3. The number of para-hydroxylation sites is 2. The van der Waals surface area contributed by atoms with E-state index in [0.29, 0.717) is 0 Å². The number of nitro groups is 1. The molecule has 1 rings (SSSR count). The number of likely N-dealkylation sites (N-methyl/N-ethyl adjacent to an activating group) is 1. The fourth-order valence-electron chi connectivity index (χ4n) is 1.51. The number of hydrogen-bond acceptors (Lipinski definition) is 7. The first-order chi connectivity index (χ1) is 10.0. The topological polar surface area (TPSA) is 160 Å². The quantitative estimate of drug-likeness (QED) is 0.159. The summed E-state index contributed by atoms with van der Waals surface area (Å²) in [6.07, 6.45) is 0. The summed E-state index contributed by atoms with van der Waals surface area (Å²) in [7, 11) is -8.60. The number of nitro benzene ring substituents is 1.